The van der Waals surface area contributed by atoms with Crippen LogP contribution in [0.5, 0.6) is 0 Å². The first-order chi connectivity index (χ1) is 8.86. The van der Waals surface area contributed by atoms with Gasteiger partial charge in [-0.25, -0.2) is 4.39 Å². The van der Waals surface area contributed by atoms with E-state index in [-0.39, 0.29) is 18.7 Å². The monoisotopic (exact) mass is 276 g/mol. The summed E-state index contributed by atoms with van der Waals surface area (Å²) in [4.78, 5) is 1.88. The molecule has 1 aliphatic rings. The van der Waals surface area contributed by atoms with Gasteiger partial charge in [-0.3, -0.25) is 4.90 Å². The first-order valence-electron chi connectivity index (χ1n) is 6.19. The molecule has 1 fully saturated rings. The van der Waals surface area contributed by atoms with Crippen molar-refractivity contribution in [3.05, 3.63) is 29.6 Å². The van der Waals surface area contributed by atoms with Gasteiger partial charge in [-0.05, 0) is 49.7 Å². The molecule has 0 aliphatic carbocycles. The molecule has 0 saturated carbocycles. The number of nitrogens with zero attached hydrogens (tertiary/aromatic N) is 1. The van der Waals surface area contributed by atoms with E-state index in [0.29, 0.717) is 30.9 Å². The molecule has 0 unspecified atom stereocenters. The maximum Gasteiger partial charge on any atom is 0.391 e. The van der Waals surface area contributed by atoms with Crippen molar-refractivity contribution in [1.29, 1.82) is 0 Å². The number of benzene rings is 1. The fraction of sp³-hybridized carbons (Fsp3) is 0.538. The first-order valence-corrected chi connectivity index (χ1v) is 6.19. The Balaban J connectivity index is 1.94. The highest BCUT2D eigenvalue weighted by molar-refractivity contribution is 5.46. The number of rotatable bonds is 2. The number of nitrogens with two attached hydrogens (primary N) is 1. The quantitative estimate of drug-likeness (QED) is 0.664. The van der Waals surface area contributed by atoms with Crippen LogP contribution in [0.4, 0.5) is 23.2 Å². The summed E-state index contributed by atoms with van der Waals surface area (Å²) in [5, 5.41) is 0. The molecule has 1 saturated heterocycles. The van der Waals surface area contributed by atoms with Crippen LogP contribution in [-0.2, 0) is 6.54 Å². The van der Waals surface area contributed by atoms with Crippen molar-refractivity contribution in [2.45, 2.75) is 25.6 Å². The zero-order valence-corrected chi connectivity index (χ0v) is 10.4. The van der Waals surface area contributed by atoms with Gasteiger partial charge >= 0.3 is 6.18 Å². The number of hydrogen-bond acceptors (Lipinski definition) is 2. The third kappa shape index (κ3) is 3.59. The van der Waals surface area contributed by atoms with Gasteiger partial charge in [0, 0.05) is 12.2 Å². The molecule has 0 amide bonds. The largest absolute Gasteiger partial charge is 0.398 e. The zero-order chi connectivity index (χ0) is 14.0. The molecule has 0 radical (unpaired) electrons. The minimum absolute atomic E-state index is 0.0960. The van der Waals surface area contributed by atoms with Crippen molar-refractivity contribution in [2.75, 3.05) is 18.8 Å². The second kappa shape index (κ2) is 5.36. The zero-order valence-electron chi connectivity index (χ0n) is 10.4. The minimum atomic E-state index is -4.11. The van der Waals surface area contributed by atoms with Crippen molar-refractivity contribution >= 4 is 5.69 Å². The van der Waals surface area contributed by atoms with Crippen LogP contribution in [0.1, 0.15) is 18.4 Å². The number of likely N-dealkylation sites (tertiary alicyclic amines) is 1. The lowest BCUT2D eigenvalue weighted by Gasteiger charge is -2.33. The third-order valence-electron chi connectivity index (χ3n) is 3.55. The Morgan fingerprint density at radius 3 is 2.42 bits per heavy atom. The summed E-state index contributed by atoms with van der Waals surface area (Å²) in [6.45, 7) is 1.12. The van der Waals surface area contributed by atoms with Crippen LogP contribution in [0, 0.1) is 11.7 Å². The van der Waals surface area contributed by atoms with Gasteiger partial charge in [0.2, 0.25) is 0 Å². The molecule has 0 aromatic heterocycles. The lowest BCUT2D eigenvalue weighted by molar-refractivity contribution is -0.185. The van der Waals surface area contributed by atoms with Crippen LogP contribution in [-0.4, -0.2) is 24.2 Å². The van der Waals surface area contributed by atoms with Gasteiger partial charge in [0.1, 0.15) is 5.82 Å². The number of nitrogen functional groups attached to an aromatic ring is 1. The average molecular weight is 276 g/mol. The normalized spacial score (nSPS) is 18.7. The molecule has 0 bridgehead atoms. The fourth-order valence-electron chi connectivity index (χ4n) is 2.37. The Bertz CT molecular complexity index is 437. The van der Waals surface area contributed by atoms with E-state index in [1.165, 1.54) is 18.2 Å². The van der Waals surface area contributed by atoms with Gasteiger partial charge in [-0.1, -0.05) is 0 Å². The molecule has 0 spiro atoms. The molecule has 6 heteroatoms. The summed E-state index contributed by atoms with van der Waals surface area (Å²) in [5.74, 6) is -1.59. The third-order valence-corrected chi connectivity index (χ3v) is 3.55. The van der Waals surface area contributed by atoms with E-state index < -0.39 is 12.1 Å². The molecule has 2 rings (SSSR count). The molecular weight excluding hydrogens is 260 g/mol. The van der Waals surface area contributed by atoms with Gasteiger partial charge in [0.05, 0.1) is 5.92 Å². The second-order valence-electron chi connectivity index (χ2n) is 4.94. The van der Waals surface area contributed by atoms with Crippen LogP contribution >= 0.6 is 0 Å². The number of piperidine rings is 1. The Hall–Kier alpha value is -1.30. The molecule has 1 heterocycles. The van der Waals surface area contributed by atoms with E-state index in [4.69, 9.17) is 5.73 Å². The smallest absolute Gasteiger partial charge is 0.391 e. The Kier molecular flexibility index (Phi) is 3.99. The molecule has 2 N–H and O–H groups in total. The summed E-state index contributed by atoms with van der Waals surface area (Å²) >= 11 is 0. The molecular formula is C13H16F4N2. The highest BCUT2D eigenvalue weighted by Gasteiger charge is 2.40. The van der Waals surface area contributed by atoms with Crippen LogP contribution in [0.3, 0.4) is 0 Å². The van der Waals surface area contributed by atoms with Crippen molar-refractivity contribution in [3.63, 3.8) is 0 Å². The Morgan fingerprint density at radius 1 is 1.21 bits per heavy atom. The maximum absolute atomic E-state index is 13.1. The van der Waals surface area contributed by atoms with Gasteiger partial charge < -0.3 is 5.73 Å². The van der Waals surface area contributed by atoms with Crippen LogP contribution in [0.15, 0.2) is 18.2 Å². The Labute approximate surface area is 109 Å². The van der Waals surface area contributed by atoms with Crippen LogP contribution in [0.2, 0.25) is 0 Å². The molecule has 1 aromatic rings. The lowest BCUT2D eigenvalue weighted by atomic mass is 9.96. The summed E-state index contributed by atoms with van der Waals surface area (Å²) in [6, 6.07) is 4.09. The molecule has 1 aliphatic heterocycles. The molecule has 19 heavy (non-hydrogen) atoms. The van der Waals surface area contributed by atoms with E-state index in [9.17, 15) is 17.6 Å². The van der Waals surface area contributed by atoms with Gasteiger partial charge in [-0.15, -0.1) is 0 Å². The highest BCUT2D eigenvalue weighted by Crippen LogP contribution is 2.34. The van der Waals surface area contributed by atoms with Gasteiger partial charge in [0.15, 0.2) is 0 Å². The first kappa shape index (κ1) is 14.1. The number of alkyl halides is 3. The number of anilines is 1. The molecule has 106 valence electrons. The van der Waals surface area contributed by atoms with E-state index in [1.807, 2.05) is 4.90 Å². The van der Waals surface area contributed by atoms with E-state index in [1.54, 1.807) is 0 Å². The highest BCUT2D eigenvalue weighted by atomic mass is 19.4. The van der Waals surface area contributed by atoms with Gasteiger partial charge in [-0.2, -0.15) is 13.2 Å². The maximum atomic E-state index is 13.1. The molecule has 1 aromatic carbocycles. The fourth-order valence-corrected chi connectivity index (χ4v) is 2.37. The van der Waals surface area contributed by atoms with E-state index in [2.05, 4.69) is 0 Å². The topological polar surface area (TPSA) is 29.3 Å². The van der Waals surface area contributed by atoms with Crippen LogP contribution < -0.4 is 5.73 Å². The van der Waals surface area contributed by atoms with Crippen molar-refractivity contribution in [1.82, 2.24) is 4.90 Å². The summed E-state index contributed by atoms with van der Waals surface area (Å²) in [6.07, 6.45) is -3.92. The minimum Gasteiger partial charge on any atom is -0.398 e. The molecule has 2 nitrogen and oxygen atoms in total. The van der Waals surface area contributed by atoms with E-state index in [0.717, 1.165) is 0 Å². The summed E-state index contributed by atoms with van der Waals surface area (Å²) in [5.41, 5.74) is 6.83. The second-order valence-corrected chi connectivity index (χ2v) is 4.94. The number of hydrogen-bond donors (Lipinski definition) is 1. The number of halogens is 4. The van der Waals surface area contributed by atoms with Crippen molar-refractivity contribution < 1.29 is 17.6 Å². The molecule has 0 atom stereocenters. The average Bonchev–Trinajstić information content (AvgIpc) is 2.33. The van der Waals surface area contributed by atoms with E-state index >= 15 is 0 Å². The predicted molar refractivity (Wildman–Crippen MR) is 64.9 cm³/mol. The van der Waals surface area contributed by atoms with Crippen LogP contribution in [0.25, 0.3) is 0 Å². The van der Waals surface area contributed by atoms with Crippen molar-refractivity contribution in [3.8, 4) is 0 Å². The van der Waals surface area contributed by atoms with Crippen molar-refractivity contribution in [2.24, 2.45) is 5.92 Å². The van der Waals surface area contributed by atoms with Gasteiger partial charge in [0.25, 0.3) is 0 Å². The Morgan fingerprint density at radius 2 is 1.84 bits per heavy atom. The predicted octanol–water partition coefficient (Wildman–Crippen LogP) is 3.18. The standard InChI is InChI=1S/C13H16F4N2/c14-11-1-2-12(18)9(7-11)8-19-5-3-10(4-6-19)13(15,16)17/h1-2,7,10H,3-6,8,18H2. The SMILES string of the molecule is Nc1ccc(F)cc1CN1CCC(C(F)(F)F)CC1. The lowest BCUT2D eigenvalue weighted by Crippen LogP contribution is -2.38. The summed E-state index contributed by atoms with van der Waals surface area (Å²) < 4.78 is 50.7. The summed E-state index contributed by atoms with van der Waals surface area (Å²) in [7, 11) is 0.